The van der Waals surface area contributed by atoms with Crippen LogP contribution in [0, 0.1) is 15.5 Å². The molecule has 0 saturated heterocycles. The van der Waals surface area contributed by atoms with Crippen LogP contribution in [-0.2, 0) is 0 Å². The molecule has 104 valence electrons. The number of rotatable bonds is 4. The van der Waals surface area contributed by atoms with Crippen LogP contribution in [-0.4, -0.2) is 24.3 Å². The van der Waals surface area contributed by atoms with Gasteiger partial charge in [-0.2, -0.15) is 0 Å². The van der Waals surface area contributed by atoms with E-state index < -0.39 is 4.92 Å². The molecule has 5 heteroatoms. The predicted molar refractivity (Wildman–Crippen MR) is 75.8 cm³/mol. The van der Waals surface area contributed by atoms with Gasteiger partial charge in [-0.1, -0.05) is 20.8 Å². The minimum absolute atomic E-state index is 0.00799. The fraction of sp³-hybridized carbons (Fsp3) is 0.500. The molecule has 0 aliphatic heterocycles. The second-order valence-electron chi connectivity index (χ2n) is 5.78. The number of hydrogen-bond donors (Lipinski definition) is 0. The Labute approximate surface area is 113 Å². The smallest absolute Gasteiger partial charge is 0.293 e. The van der Waals surface area contributed by atoms with Crippen molar-refractivity contribution in [2.45, 2.75) is 33.7 Å². The van der Waals surface area contributed by atoms with Crippen molar-refractivity contribution in [3.8, 4) is 0 Å². The molecule has 19 heavy (non-hydrogen) atoms. The zero-order chi connectivity index (χ0) is 14.8. The van der Waals surface area contributed by atoms with Crippen molar-refractivity contribution in [2.24, 2.45) is 5.41 Å². The Morgan fingerprint density at radius 1 is 1.37 bits per heavy atom. The van der Waals surface area contributed by atoms with Crippen molar-refractivity contribution in [3.63, 3.8) is 0 Å². The molecule has 0 aliphatic carbocycles. The molecule has 1 atom stereocenters. The van der Waals surface area contributed by atoms with E-state index in [9.17, 15) is 14.9 Å². The fourth-order valence-corrected chi connectivity index (χ4v) is 1.85. The average molecular weight is 264 g/mol. The Balaban J connectivity index is 3.26. The zero-order valence-corrected chi connectivity index (χ0v) is 12.0. The number of anilines is 1. The van der Waals surface area contributed by atoms with Gasteiger partial charge in [-0.25, -0.2) is 0 Å². The Bertz CT molecular complexity index is 492. The Morgan fingerprint density at radius 2 is 1.95 bits per heavy atom. The number of hydrogen-bond acceptors (Lipinski definition) is 4. The number of benzene rings is 1. The number of carbonyl (C=O) groups is 1. The number of aldehydes is 1. The quantitative estimate of drug-likeness (QED) is 0.475. The van der Waals surface area contributed by atoms with Crippen LogP contribution in [0.25, 0.3) is 0 Å². The molecule has 0 aliphatic rings. The van der Waals surface area contributed by atoms with Crippen LogP contribution in [0.4, 0.5) is 11.4 Å². The van der Waals surface area contributed by atoms with E-state index >= 15 is 0 Å². The standard InChI is InChI=1S/C14H20N2O3/c1-10(14(2,3)4)15(5)12-7-6-11(9-17)8-13(12)16(18)19/h6-10H,1-5H3. The Hall–Kier alpha value is -1.91. The SMILES string of the molecule is CC(N(C)c1ccc(C=O)cc1[N+](=O)[O-])C(C)(C)C. The normalized spacial score (nSPS) is 12.9. The van der Waals surface area contributed by atoms with E-state index in [0.29, 0.717) is 17.5 Å². The van der Waals surface area contributed by atoms with Gasteiger partial charge in [-0.05, 0) is 24.5 Å². The van der Waals surface area contributed by atoms with E-state index in [1.807, 2.05) is 18.9 Å². The lowest BCUT2D eigenvalue weighted by atomic mass is 9.87. The highest BCUT2D eigenvalue weighted by Gasteiger charge is 2.28. The zero-order valence-electron chi connectivity index (χ0n) is 12.0. The minimum Gasteiger partial charge on any atom is -0.366 e. The second kappa shape index (κ2) is 5.38. The first-order chi connectivity index (χ1) is 8.68. The summed E-state index contributed by atoms with van der Waals surface area (Å²) in [6.45, 7) is 8.27. The summed E-state index contributed by atoms with van der Waals surface area (Å²) in [5.74, 6) is 0. The van der Waals surface area contributed by atoms with Crippen LogP contribution < -0.4 is 4.90 Å². The molecule has 0 radical (unpaired) electrons. The van der Waals surface area contributed by atoms with Crippen LogP contribution >= 0.6 is 0 Å². The third-order valence-corrected chi connectivity index (χ3v) is 3.55. The van der Waals surface area contributed by atoms with Gasteiger partial charge in [0.1, 0.15) is 12.0 Å². The first kappa shape index (κ1) is 15.1. The summed E-state index contributed by atoms with van der Waals surface area (Å²) >= 11 is 0. The molecule has 1 aromatic rings. The maximum absolute atomic E-state index is 11.1. The van der Waals surface area contributed by atoms with Crippen molar-refractivity contribution in [2.75, 3.05) is 11.9 Å². The maximum atomic E-state index is 11.1. The molecular weight excluding hydrogens is 244 g/mol. The summed E-state index contributed by atoms with van der Waals surface area (Å²) in [5, 5.41) is 11.1. The second-order valence-corrected chi connectivity index (χ2v) is 5.78. The first-order valence-corrected chi connectivity index (χ1v) is 6.15. The summed E-state index contributed by atoms with van der Waals surface area (Å²) in [6.07, 6.45) is 0.615. The number of nitro benzene ring substituents is 1. The van der Waals surface area contributed by atoms with Crippen LogP contribution in [0.2, 0.25) is 0 Å². The van der Waals surface area contributed by atoms with Crippen molar-refractivity contribution in [3.05, 3.63) is 33.9 Å². The van der Waals surface area contributed by atoms with Crippen molar-refractivity contribution >= 4 is 17.7 Å². The van der Waals surface area contributed by atoms with Crippen LogP contribution in [0.1, 0.15) is 38.1 Å². The molecule has 5 nitrogen and oxygen atoms in total. The number of nitro groups is 1. The van der Waals surface area contributed by atoms with E-state index in [-0.39, 0.29) is 17.1 Å². The van der Waals surface area contributed by atoms with E-state index in [0.717, 1.165) is 0 Å². The molecule has 1 unspecified atom stereocenters. The fourth-order valence-electron chi connectivity index (χ4n) is 1.85. The topological polar surface area (TPSA) is 63.5 Å². The Kier molecular flexibility index (Phi) is 4.29. The summed E-state index contributed by atoms with van der Waals surface area (Å²) in [6, 6.07) is 4.66. The maximum Gasteiger partial charge on any atom is 0.293 e. The first-order valence-electron chi connectivity index (χ1n) is 6.15. The molecule has 0 amide bonds. The van der Waals surface area contributed by atoms with Gasteiger partial charge in [-0.3, -0.25) is 14.9 Å². The summed E-state index contributed by atoms with van der Waals surface area (Å²) < 4.78 is 0. The summed E-state index contributed by atoms with van der Waals surface area (Å²) in [7, 11) is 1.83. The molecule has 0 saturated carbocycles. The van der Waals surface area contributed by atoms with Gasteiger partial charge in [-0.15, -0.1) is 0 Å². The van der Waals surface area contributed by atoms with Crippen LogP contribution in [0.3, 0.4) is 0 Å². The van der Waals surface area contributed by atoms with E-state index in [2.05, 4.69) is 20.8 Å². The lowest BCUT2D eigenvalue weighted by molar-refractivity contribution is -0.384. The summed E-state index contributed by atoms with van der Waals surface area (Å²) in [4.78, 5) is 23.3. The highest BCUT2D eigenvalue weighted by atomic mass is 16.6. The monoisotopic (exact) mass is 264 g/mol. The van der Waals surface area contributed by atoms with Gasteiger partial charge in [0.2, 0.25) is 0 Å². The van der Waals surface area contributed by atoms with Gasteiger partial charge >= 0.3 is 0 Å². The average Bonchev–Trinajstić information content (AvgIpc) is 2.35. The van der Waals surface area contributed by atoms with Gasteiger partial charge in [0.25, 0.3) is 5.69 Å². The molecule has 1 aromatic carbocycles. The minimum atomic E-state index is -0.450. The van der Waals surface area contributed by atoms with E-state index in [1.54, 1.807) is 12.1 Å². The van der Waals surface area contributed by atoms with Crippen LogP contribution in [0.5, 0.6) is 0 Å². The summed E-state index contributed by atoms with van der Waals surface area (Å²) in [5.41, 5.74) is 0.792. The van der Waals surface area contributed by atoms with Crippen molar-refractivity contribution in [1.82, 2.24) is 0 Å². The molecule has 0 fully saturated rings. The Morgan fingerprint density at radius 3 is 2.37 bits per heavy atom. The van der Waals surface area contributed by atoms with E-state index in [4.69, 9.17) is 0 Å². The van der Waals surface area contributed by atoms with Gasteiger partial charge in [0, 0.05) is 24.7 Å². The highest BCUT2D eigenvalue weighted by molar-refractivity contribution is 5.79. The van der Waals surface area contributed by atoms with E-state index in [1.165, 1.54) is 6.07 Å². The molecule has 1 rings (SSSR count). The number of nitrogens with zero attached hydrogens (tertiary/aromatic N) is 2. The van der Waals surface area contributed by atoms with Crippen molar-refractivity contribution < 1.29 is 9.72 Å². The predicted octanol–water partition coefficient (Wildman–Crippen LogP) is 3.28. The van der Waals surface area contributed by atoms with Crippen LogP contribution in [0.15, 0.2) is 18.2 Å². The van der Waals surface area contributed by atoms with Gasteiger partial charge in [0.05, 0.1) is 4.92 Å². The molecule has 0 bridgehead atoms. The number of carbonyl (C=O) groups excluding carboxylic acids is 1. The third-order valence-electron chi connectivity index (χ3n) is 3.55. The molecule has 0 spiro atoms. The largest absolute Gasteiger partial charge is 0.366 e. The molecular formula is C14H20N2O3. The third kappa shape index (κ3) is 3.30. The molecule has 0 aromatic heterocycles. The lowest BCUT2D eigenvalue weighted by Crippen LogP contribution is -2.39. The lowest BCUT2D eigenvalue weighted by Gasteiger charge is -2.36. The molecule has 0 N–H and O–H groups in total. The van der Waals surface area contributed by atoms with Gasteiger partial charge < -0.3 is 4.90 Å². The highest BCUT2D eigenvalue weighted by Crippen LogP contribution is 2.33. The van der Waals surface area contributed by atoms with Crippen molar-refractivity contribution in [1.29, 1.82) is 0 Å². The van der Waals surface area contributed by atoms with Gasteiger partial charge in [0.15, 0.2) is 0 Å². The molecule has 0 heterocycles.